The molecular weight excluding hydrogens is 512 g/mol. The molecule has 0 spiro atoms. The Labute approximate surface area is 237 Å². The lowest BCUT2D eigenvalue weighted by Crippen LogP contribution is -2.71. The summed E-state index contributed by atoms with van der Waals surface area (Å²) in [6, 6.07) is 6.14. The van der Waals surface area contributed by atoms with E-state index in [1.807, 2.05) is 55.4 Å². The SMILES string of the molecule is COC(=O)C1(NC(=O)c2ccc(C(=O)NC3(C(=O)OC)CC(C)(C)NC(C)(C)C3)cc2)CC(C)(C)NC(C)(C)C1. The van der Waals surface area contributed by atoms with Crippen LogP contribution in [0.5, 0.6) is 0 Å². The number of ether oxygens (including phenoxy) is 2. The maximum absolute atomic E-state index is 13.4. The number of hydrogen-bond acceptors (Lipinski definition) is 8. The molecule has 1 aromatic rings. The lowest BCUT2D eigenvalue weighted by Gasteiger charge is -2.51. The zero-order chi connectivity index (χ0) is 30.4. The molecule has 3 rings (SSSR count). The number of piperidine rings is 2. The Kier molecular flexibility index (Phi) is 8.24. The van der Waals surface area contributed by atoms with Crippen molar-refractivity contribution >= 4 is 23.8 Å². The summed E-state index contributed by atoms with van der Waals surface area (Å²) in [6.07, 6.45) is 1.39. The highest BCUT2D eigenvalue weighted by Gasteiger charge is 2.54. The molecule has 0 aromatic heterocycles. The monoisotopic (exact) mass is 558 g/mol. The van der Waals surface area contributed by atoms with Gasteiger partial charge in [-0.3, -0.25) is 9.59 Å². The molecule has 0 saturated carbocycles. The van der Waals surface area contributed by atoms with E-state index in [0.29, 0.717) is 36.8 Å². The first kappa shape index (κ1) is 31.5. The van der Waals surface area contributed by atoms with Crippen molar-refractivity contribution in [1.82, 2.24) is 21.3 Å². The van der Waals surface area contributed by atoms with E-state index in [1.54, 1.807) is 0 Å². The Morgan fingerprint density at radius 2 is 0.825 bits per heavy atom. The minimum Gasteiger partial charge on any atom is -0.467 e. The van der Waals surface area contributed by atoms with Gasteiger partial charge in [-0.15, -0.1) is 0 Å². The van der Waals surface area contributed by atoms with Crippen molar-refractivity contribution in [3.63, 3.8) is 0 Å². The summed E-state index contributed by atoms with van der Waals surface area (Å²) in [5.74, 6) is -1.89. The second-order valence-corrected chi connectivity index (χ2v) is 14.1. The van der Waals surface area contributed by atoms with Gasteiger partial charge in [0.1, 0.15) is 11.1 Å². The van der Waals surface area contributed by atoms with Gasteiger partial charge >= 0.3 is 11.9 Å². The van der Waals surface area contributed by atoms with E-state index in [1.165, 1.54) is 38.5 Å². The fourth-order valence-corrected chi connectivity index (χ4v) is 7.46. The molecule has 2 aliphatic heterocycles. The smallest absolute Gasteiger partial charge is 0.331 e. The van der Waals surface area contributed by atoms with E-state index in [-0.39, 0.29) is 0 Å². The summed E-state index contributed by atoms with van der Waals surface area (Å²) in [5, 5.41) is 12.9. The van der Waals surface area contributed by atoms with Crippen LogP contribution in [0.25, 0.3) is 0 Å². The Balaban J connectivity index is 1.84. The number of hydrogen-bond donors (Lipinski definition) is 4. The molecule has 0 aliphatic carbocycles. The third-order valence-corrected chi connectivity index (χ3v) is 7.60. The molecule has 0 atom stereocenters. The van der Waals surface area contributed by atoms with E-state index in [2.05, 4.69) is 21.3 Å². The fraction of sp³-hybridized carbons (Fsp3) is 0.667. The van der Waals surface area contributed by atoms with Crippen LogP contribution in [0, 0.1) is 0 Å². The molecule has 0 bridgehead atoms. The molecule has 10 heteroatoms. The standard InChI is InChI=1S/C30H46N4O6/c1-25(2)15-29(23(37)39-9,16-26(3,4)33-25)31-21(35)19-11-13-20(14-12-19)22(36)32-30(24(38)40-10)17-27(5,6)34-28(7,8)18-30/h11-14,33-34H,15-18H2,1-10H3,(H,31,35)(H,32,36). The van der Waals surface area contributed by atoms with E-state index >= 15 is 0 Å². The van der Waals surface area contributed by atoms with Crippen LogP contribution in [-0.4, -0.2) is 71.2 Å². The normalized spacial score (nSPS) is 23.2. The molecule has 0 radical (unpaired) electrons. The number of rotatable bonds is 6. The van der Waals surface area contributed by atoms with Crippen LogP contribution in [0.1, 0.15) is 102 Å². The third kappa shape index (κ3) is 6.83. The van der Waals surface area contributed by atoms with Crippen LogP contribution in [-0.2, 0) is 19.1 Å². The highest BCUT2D eigenvalue weighted by atomic mass is 16.5. The van der Waals surface area contributed by atoms with Crippen LogP contribution < -0.4 is 21.3 Å². The maximum atomic E-state index is 13.4. The highest BCUT2D eigenvalue weighted by Crippen LogP contribution is 2.38. The predicted molar refractivity (Wildman–Crippen MR) is 152 cm³/mol. The number of amides is 2. The third-order valence-electron chi connectivity index (χ3n) is 7.60. The van der Waals surface area contributed by atoms with Gasteiger partial charge in [0.25, 0.3) is 11.8 Å². The van der Waals surface area contributed by atoms with Gasteiger partial charge in [0.05, 0.1) is 14.2 Å². The number of nitrogens with one attached hydrogen (secondary N) is 4. The average molecular weight is 559 g/mol. The van der Waals surface area contributed by atoms with Crippen LogP contribution in [0.15, 0.2) is 24.3 Å². The summed E-state index contributed by atoms with van der Waals surface area (Å²) >= 11 is 0. The molecule has 4 N–H and O–H groups in total. The van der Waals surface area contributed by atoms with Crippen molar-refractivity contribution in [1.29, 1.82) is 0 Å². The van der Waals surface area contributed by atoms with Crippen molar-refractivity contribution in [3.05, 3.63) is 35.4 Å². The van der Waals surface area contributed by atoms with E-state index in [0.717, 1.165) is 0 Å². The Morgan fingerprint density at radius 3 is 1.05 bits per heavy atom. The van der Waals surface area contributed by atoms with Crippen LogP contribution in [0.2, 0.25) is 0 Å². The van der Waals surface area contributed by atoms with Crippen molar-refractivity contribution in [2.45, 2.75) is 114 Å². The van der Waals surface area contributed by atoms with Crippen molar-refractivity contribution in [3.8, 4) is 0 Å². The Hall–Kier alpha value is -2.98. The molecule has 10 nitrogen and oxygen atoms in total. The zero-order valence-corrected chi connectivity index (χ0v) is 25.6. The van der Waals surface area contributed by atoms with E-state index in [9.17, 15) is 19.2 Å². The van der Waals surface area contributed by atoms with Crippen LogP contribution in [0.3, 0.4) is 0 Å². The topological polar surface area (TPSA) is 135 Å². The minimum atomic E-state index is -1.22. The zero-order valence-electron chi connectivity index (χ0n) is 25.6. The summed E-state index contributed by atoms with van der Waals surface area (Å²) in [6.45, 7) is 15.9. The summed E-state index contributed by atoms with van der Waals surface area (Å²) in [5.41, 5.74) is -3.58. The summed E-state index contributed by atoms with van der Waals surface area (Å²) in [7, 11) is 2.63. The molecule has 2 fully saturated rings. The molecule has 2 amide bonds. The first-order valence-corrected chi connectivity index (χ1v) is 13.7. The predicted octanol–water partition coefficient (Wildman–Crippen LogP) is 2.85. The van der Waals surface area contributed by atoms with Gasteiger partial charge in [0.15, 0.2) is 0 Å². The van der Waals surface area contributed by atoms with Crippen molar-refractivity contribution in [2.24, 2.45) is 0 Å². The summed E-state index contributed by atoms with van der Waals surface area (Å²) < 4.78 is 10.3. The number of methoxy groups -OCH3 is 2. The van der Waals surface area contributed by atoms with Crippen molar-refractivity contribution in [2.75, 3.05) is 14.2 Å². The average Bonchev–Trinajstić information content (AvgIpc) is 2.78. The molecule has 40 heavy (non-hydrogen) atoms. The van der Waals surface area contributed by atoms with Crippen LogP contribution >= 0.6 is 0 Å². The van der Waals surface area contributed by atoms with Gasteiger partial charge in [0, 0.05) is 33.3 Å². The minimum absolute atomic E-state index is 0.292. The quantitative estimate of drug-likeness (QED) is 0.392. The highest BCUT2D eigenvalue weighted by molar-refractivity contribution is 6.01. The first-order valence-electron chi connectivity index (χ1n) is 13.7. The molecule has 0 unspecified atom stereocenters. The Bertz CT molecular complexity index is 1050. The van der Waals surface area contributed by atoms with E-state index < -0.39 is 57.0 Å². The van der Waals surface area contributed by atoms with Gasteiger partial charge in [-0.05, 0) is 105 Å². The number of benzene rings is 1. The van der Waals surface area contributed by atoms with Gasteiger partial charge in [-0.1, -0.05) is 0 Å². The molecular formula is C30H46N4O6. The largest absolute Gasteiger partial charge is 0.467 e. The van der Waals surface area contributed by atoms with Crippen molar-refractivity contribution < 1.29 is 28.7 Å². The second kappa shape index (κ2) is 10.4. The molecule has 2 saturated heterocycles. The van der Waals surface area contributed by atoms with E-state index in [4.69, 9.17) is 9.47 Å². The molecule has 222 valence electrons. The molecule has 1 aromatic carbocycles. The van der Waals surface area contributed by atoms with Gasteiger partial charge in [-0.25, -0.2) is 9.59 Å². The Morgan fingerprint density at radius 1 is 0.575 bits per heavy atom. The lowest BCUT2D eigenvalue weighted by atomic mass is 9.70. The fourth-order valence-electron chi connectivity index (χ4n) is 7.46. The van der Waals surface area contributed by atoms with Gasteiger partial charge in [0.2, 0.25) is 0 Å². The second-order valence-electron chi connectivity index (χ2n) is 14.1. The lowest BCUT2D eigenvalue weighted by molar-refractivity contribution is -0.153. The molecule has 2 heterocycles. The number of carbonyl (C=O) groups excluding carboxylic acids is 4. The van der Waals surface area contributed by atoms with Gasteiger partial charge in [-0.2, -0.15) is 0 Å². The number of esters is 2. The van der Waals surface area contributed by atoms with Gasteiger partial charge < -0.3 is 30.7 Å². The molecule has 2 aliphatic rings. The summed E-state index contributed by atoms with van der Waals surface area (Å²) in [4.78, 5) is 52.8. The first-order chi connectivity index (χ1) is 18.2. The maximum Gasteiger partial charge on any atom is 0.331 e. The number of carbonyl (C=O) groups is 4. The van der Waals surface area contributed by atoms with Crippen LogP contribution in [0.4, 0.5) is 0 Å².